The lowest BCUT2D eigenvalue weighted by Gasteiger charge is -2.18. The summed E-state index contributed by atoms with van der Waals surface area (Å²) >= 11 is 0. The Kier molecular flexibility index (Phi) is 4.71. The van der Waals surface area contributed by atoms with Crippen LogP contribution in [0.4, 0.5) is 0 Å². The van der Waals surface area contributed by atoms with Crippen molar-refractivity contribution in [1.29, 1.82) is 0 Å². The number of hydroxylamine groups is 2. The van der Waals surface area contributed by atoms with Crippen LogP contribution in [0, 0.1) is 0 Å². The quantitative estimate of drug-likeness (QED) is 0.733. The van der Waals surface area contributed by atoms with Crippen LogP contribution in [0.15, 0.2) is 24.3 Å². The summed E-state index contributed by atoms with van der Waals surface area (Å²) in [6.07, 6.45) is 1.57. The number of fused-ring (bicyclic) bond motifs is 1. The van der Waals surface area contributed by atoms with E-state index in [4.69, 9.17) is 19.0 Å². The maximum atomic E-state index is 12.2. The normalized spacial score (nSPS) is 25.8. The Morgan fingerprint density at radius 3 is 2.38 bits per heavy atom. The van der Waals surface area contributed by atoms with Crippen LogP contribution >= 0.6 is 0 Å². The smallest absolute Gasteiger partial charge is 0.333 e. The van der Waals surface area contributed by atoms with Crippen molar-refractivity contribution >= 4 is 17.8 Å². The largest absolute Gasteiger partial charge is 0.370 e. The van der Waals surface area contributed by atoms with Crippen LogP contribution in [0.1, 0.15) is 46.4 Å². The highest BCUT2D eigenvalue weighted by molar-refractivity contribution is 6.20. The van der Waals surface area contributed by atoms with Crippen LogP contribution in [-0.4, -0.2) is 54.6 Å². The van der Waals surface area contributed by atoms with E-state index in [2.05, 4.69) is 0 Å². The summed E-state index contributed by atoms with van der Waals surface area (Å²) in [5, 5.41) is 0.533. The van der Waals surface area contributed by atoms with E-state index in [1.165, 1.54) is 12.1 Å². The lowest BCUT2D eigenvalue weighted by atomic mass is 10.1. The van der Waals surface area contributed by atoms with E-state index in [1.807, 2.05) is 0 Å². The average molecular weight is 361 g/mol. The zero-order valence-electron chi connectivity index (χ0n) is 14.1. The number of nitrogens with zero attached hydrogens (tertiary/aromatic N) is 1. The summed E-state index contributed by atoms with van der Waals surface area (Å²) in [7, 11) is 0. The summed E-state index contributed by atoms with van der Waals surface area (Å²) in [4.78, 5) is 41.4. The minimum atomic E-state index is -0.639. The Labute approximate surface area is 149 Å². The highest BCUT2D eigenvalue weighted by Crippen LogP contribution is 2.29. The van der Waals surface area contributed by atoms with Gasteiger partial charge >= 0.3 is 5.97 Å². The Morgan fingerprint density at radius 1 is 1.08 bits per heavy atom. The second kappa shape index (κ2) is 7.14. The van der Waals surface area contributed by atoms with E-state index < -0.39 is 17.8 Å². The maximum Gasteiger partial charge on any atom is 0.333 e. The predicted molar refractivity (Wildman–Crippen MR) is 85.9 cm³/mol. The number of imide groups is 1. The van der Waals surface area contributed by atoms with Gasteiger partial charge in [-0.25, -0.2) is 4.79 Å². The fourth-order valence-electron chi connectivity index (χ4n) is 3.41. The van der Waals surface area contributed by atoms with E-state index in [-0.39, 0.29) is 36.0 Å². The fraction of sp³-hybridized carbons (Fsp3) is 0.500. The molecule has 0 aliphatic carbocycles. The number of benzene rings is 1. The molecule has 4 rings (SSSR count). The van der Waals surface area contributed by atoms with E-state index in [9.17, 15) is 14.4 Å². The lowest BCUT2D eigenvalue weighted by molar-refractivity contribution is -0.170. The molecule has 8 nitrogen and oxygen atoms in total. The Morgan fingerprint density at radius 2 is 1.73 bits per heavy atom. The Balaban J connectivity index is 1.26. The number of ether oxygens (including phenoxy) is 3. The Bertz CT molecular complexity index is 693. The highest BCUT2D eigenvalue weighted by atomic mass is 16.7. The number of carbonyl (C=O) groups is 3. The van der Waals surface area contributed by atoms with Crippen LogP contribution in [0.25, 0.3) is 0 Å². The number of rotatable bonds is 5. The van der Waals surface area contributed by atoms with Gasteiger partial charge in [-0.1, -0.05) is 17.2 Å². The molecule has 0 bridgehead atoms. The molecule has 0 aromatic heterocycles. The van der Waals surface area contributed by atoms with Gasteiger partial charge in [0.1, 0.15) is 6.10 Å². The zero-order chi connectivity index (χ0) is 18.1. The second-order valence-corrected chi connectivity index (χ2v) is 6.44. The third kappa shape index (κ3) is 3.23. The van der Waals surface area contributed by atoms with Crippen LogP contribution in [-0.2, 0) is 23.8 Å². The van der Waals surface area contributed by atoms with Crippen molar-refractivity contribution in [2.45, 2.75) is 44.2 Å². The molecule has 2 saturated heterocycles. The summed E-state index contributed by atoms with van der Waals surface area (Å²) in [5.74, 6) is -1.88. The zero-order valence-corrected chi connectivity index (χ0v) is 14.1. The van der Waals surface area contributed by atoms with Gasteiger partial charge in [0.25, 0.3) is 11.8 Å². The second-order valence-electron chi connectivity index (χ2n) is 6.44. The summed E-state index contributed by atoms with van der Waals surface area (Å²) in [6, 6.07) is 6.37. The van der Waals surface area contributed by atoms with Crippen molar-refractivity contribution in [3.05, 3.63) is 35.4 Å². The van der Waals surface area contributed by atoms with Crippen LogP contribution in [0.2, 0.25) is 0 Å². The SMILES string of the molecule is O=C(CCC1CCC(C2OCCO2)O1)ON1C(=O)c2ccccc2C1=O. The first kappa shape index (κ1) is 17.1. The number of hydrogen-bond donors (Lipinski definition) is 0. The van der Waals surface area contributed by atoms with Crippen molar-refractivity contribution < 1.29 is 33.4 Å². The molecule has 26 heavy (non-hydrogen) atoms. The Hall–Kier alpha value is -2.29. The summed E-state index contributed by atoms with van der Waals surface area (Å²) in [6.45, 7) is 1.14. The topological polar surface area (TPSA) is 91.4 Å². The van der Waals surface area contributed by atoms with Crippen LogP contribution < -0.4 is 0 Å². The molecule has 2 atom stereocenters. The number of carbonyl (C=O) groups excluding carboxylic acids is 3. The van der Waals surface area contributed by atoms with E-state index in [1.54, 1.807) is 12.1 Å². The van der Waals surface area contributed by atoms with Crippen molar-refractivity contribution in [3.63, 3.8) is 0 Å². The molecule has 1 aromatic carbocycles. The molecule has 138 valence electrons. The molecule has 2 amide bonds. The summed E-state index contributed by atoms with van der Waals surface area (Å²) < 4.78 is 16.7. The number of hydrogen-bond acceptors (Lipinski definition) is 7. The van der Waals surface area contributed by atoms with Gasteiger partial charge in [0.05, 0.1) is 36.9 Å². The molecule has 2 fully saturated rings. The highest BCUT2D eigenvalue weighted by Gasteiger charge is 2.39. The molecule has 0 N–H and O–H groups in total. The first-order chi connectivity index (χ1) is 12.6. The minimum absolute atomic E-state index is 0.0528. The maximum absolute atomic E-state index is 12.2. The molecule has 0 saturated carbocycles. The van der Waals surface area contributed by atoms with Gasteiger partial charge in [0.2, 0.25) is 0 Å². The van der Waals surface area contributed by atoms with Gasteiger partial charge in [-0.2, -0.15) is 0 Å². The molecule has 1 aromatic rings. The third-order valence-corrected chi connectivity index (χ3v) is 4.71. The number of amides is 2. The van der Waals surface area contributed by atoms with Gasteiger partial charge in [-0.05, 0) is 31.4 Å². The minimum Gasteiger partial charge on any atom is -0.370 e. The van der Waals surface area contributed by atoms with Crippen LogP contribution in [0.5, 0.6) is 0 Å². The van der Waals surface area contributed by atoms with Crippen molar-refractivity contribution in [2.24, 2.45) is 0 Å². The van der Waals surface area contributed by atoms with Crippen molar-refractivity contribution in [3.8, 4) is 0 Å². The average Bonchev–Trinajstić information content (AvgIpc) is 3.38. The van der Waals surface area contributed by atoms with Gasteiger partial charge in [0.15, 0.2) is 6.29 Å². The van der Waals surface area contributed by atoms with E-state index >= 15 is 0 Å². The van der Waals surface area contributed by atoms with Crippen molar-refractivity contribution in [2.75, 3.05) is 13.2 Å². The van der Waals surface area contributed by atoms with Crippen molar-refractivity contribution in [1.82, 2.24) is 5.06 Å². The third-order valence-electron chi connectivity index (χ3n) is 4.71. The standard InChI is InChI=1S/C18H19NO7/c20-15(8-6-11-5-7-14(25-11)18-23-9-10-24-18)26-19-16(21)12-3-1-2-4-13(12)17(19)22/h1-4,11,14,18H,5-10H2. The summed E-state index contributed by atoms with van der Waals surface area (Å²) in [5.41, 5.74) is 0.479. The first-order valence-corrected chi connectivity index (χ1v) is 8.71. The van der Waals surface area contributed by atoms with Crippen LogP contribution in [0.3, 0.4) is 0 Å². The molecule has 0 spiro atoms. The predicted octanol–water partition coefficient (Wildman–Crippen LogP) is 1.44. The van der Waals surface area contributed by atoms with E-state index in [0.29, 0.717) is 24.7 Å². The van der Waals surface area contributed by atoms with Gasteiger partial charge < -0.3 is 19.0 Å². The fourth-order valence-corrected chi connectivity index (χ4v) is 3.41. The monoisotopic (exact) mass is 361 g/mol. The molecule has 3 aliphatic heterocycles. The molecule has 3 heterocycles. The molecule has 8 heteroatoms. The van der Waals surface area contributed by atoms with Gasteiger partial charge in [-0.15, -0.1) is 0 Å². The molecular formula is C18H19NO7. The van der Waals surface area contributed by atoms with Gasteiger partial charge in [0, 0.05) is 0 Å². The van der Waals surface area contributed by atoms with Gasteiger partial charge in [-0.3, -0.25) is 9.59 Å². The first-order valence-electron chi connectivity index (χ1n) is 8.71. The molecule has 2 unspecified atom stereocenters. The van der Waals surface area contributed by atoms with E-state index in [0.717, 1.165) is 12.8 Å². The molecular weight excluding hydrogens is 342 g/mol. The molecule has 0 radical (unpaired) electrons. The lowest BCUT2D eigenvalue weighted by Crippen LogP contribution is -2.33. The molecule has 3 aliphatic rings.